The molecule has 0 spiro atoms. The van der Waals surface area contributed by atoms with Gasteiger partial charge in [-0.3, -0.25) is 4.79 Å². The summed E-state index contributed by atoms with van der Waals surface area (Å²) in [6, 6.07) is 14.7. The van der Waals surface area contributed by atoms with E-state index in [1.165, 1.54) is 0 Å². The summed E-state index contributed by atoms with van der Waals surface area (Å²) in [7, 11) is 0. The number of nitriles is 1. The van der Waals surface area contributed by atoms with Gasteiger partial charge in [-0.05, 0) is 23.8 Å². The van der Waals surface area contributed by atoms with Crippen molar-refractivity contribution in [1.29, 1.82) is 5.26 Å². The van der Waals surface area contributed by atoms with Crippen LogP contribution in [0.2, 0.25) is 0 Å². The molecule has 2 rings (SSSR count). The third-order valence-electron chi connectivity index (χ3n) is 2.81. The van der Waals surface area contributed by atoms with Gasteiger partial charge in [-0.1, -0.05) is 18.2 Å². The predicted molar refractivity (Wildman–Crippen MR) is 73.6 cm³/mol. The second kappa shape index (κ2) is 6.53. The number of rotatable bonds is 5. The maximum Gasteiger partial charge on any atom is 0.250 e. The van der Waals surface area contributed by atoms with Gasteiger partial charge in [0.2, 0.25) is 0 Å². The first kappa shape index (κ1) is 13.1. The van der Waals surface area contributed by atoms with Crippen LogP contribution in [-0.4, -0.2) is 11.1 Å². The zero-order chi connectivity index (χ0) is 13.5. The molecule has 0 saturated heterocycles. The monoisotopic (exact) mass is 253 g/mol. The van der Waals surface area contributed by atoms with E-state index in [0.29, 0.717) is 25.2 Å². The molecule has 96 valence electrons. The summed E-state index contributed by atoms with van der Waals surface area (Å²) in [6.45, 7) is 2.04. The molecular weight excluding hydrogens is 238 g/mol. The highest BCUT2D eigenvalue weighted by Gasteiger charge is 1.96. The molecule has 1 N–H and O–H groups in total. The zero-order valence-corrected chi connectivity index (χ0v) is 10.5. The lowest BCUT2D eigenvalue weighted by molar-refractivity contribution is 0.585. The molecule has 2 aromatic rings. The maximum atomic E-state index is 11.5. The maximum absolute atomic E-state index is 11.5. The summed E-state index contributed by atoms with van der Waals surface area (Å²) in [4.78, 5) is 11.5. The van der Waals surface area contributed by atoms with Crippen LogP contribution in [0.25, 0.3) is 0 Å². The predicted octanol–water partition coefficient (Wildman–Crippen LogP) is 1.51. The van der Waals surface area contributed by atoms with Gasteiger partial charge in [0, 0.05) is 31.9 Å². The highest BCUT2D eigenvalue weighted by Crippen LogP contribution is 2.03. The van der Waals surface area contributed by atoms with E-state index in [2.05, 4.69) is 11.4 Å². The van der Waals surface area contributed by atoms with E-state index in [1.807, 2.05) is 24.3 Å². The minimum atomic E-state index is 0.00998. The zero-order valence-electron chi connectivity index (χ0n) is 10.5. The van der Waals surface area contributed by atoms with E-state index in [9.17, 15) is 4.79 Å². The van der Waals surface area contributed by atoms with Gasteiger partial charge in [-0.2, -0.15) is 5.26 Å². The van der Waals surface area contributed by atoms with Crippen molar-refractivity contribution in [1.82, 2.24) is 9.88 Å². The molecule has 0 amide bonds. The molecule has 0 fully saturated rings. The lowest BCUT2D eigenvalue weighted by atomic mass is 10.1. The smallest absolute Gasteiger partial charge is 0.250 e. The standard InChI is InChI=1S/C15H15N3O/c16-11-13-4-3-5-14(10-13)12-17-7-9-18-8-2-1-6-15(18)19/h1-6,8,10,17H,7,9,12H2. The van der Waals surface area contributed by atoms with E-state index in [1.54, 1.807) is 29.0 Å². The Morgan fingerprint density at radius 3 is 2.89 bits per heavy atom. The van der Waals surface area contributed by atoms with Crippen molar-refractivity contribution in [3.05, 3.63) is 70.1 Å². The third-order valence-corrected chi connectivity index (χ3v) is 2.81. The van der Waals surface area contributed by atoms with Gasteiger partial charge in [-0.25, -0.2) is 0 Å². The lowest BCUT2D eigenvalue weighted by Crippen LogP contribution is -2.25. The number of benzene rings is 1. The highest BCUT2D eigenvalue weighted by atomic mass is 16.1. The molecule has 0 aliphatic carbocycles. The van der Waals surface area contributed by atoms with Crippen LogP contribution in [0.4, 0.5) is 0 Å². The number of nitrogens with one attached hydrogen (secondary N) is 1. The van der Waals surface area contributed by atoms with E-state index < -0.39 is 0 Å². The Bertz CT molecular complexity index is 640. The van der Waals surface area contributed by atoms with E-state index >= 15 is 0 Å². The van der Waals surface area contributed by atoms with Crippen LogP contribution in [-0.2, 0) is 13.1 Å². The van der Waals surface area contributed by atoms with E-state index in [-0.39, 0.29) is 5.56 Å². The van der Waals surface area contributed by atoms with Crippen LogP contribution >= 0.6 is 0 Å². The number of hydrogen-bond donors (Lipinski definition) is 1. The highest BCUT2D eigenvalue weighted by molar-refractivity contribution is 5.32. The normalized spacial score (nSPS) is 10.1. The molecule has 19 heavy (non-hydrogen) atoms. The van der Waals surface area contributed by atoms with Crippen LogP contribution in [0.5, 0.6) is 0 Å². The lowest BCUT2D eigenvalue weighted by Gasteiger charge is -2.07. The number of pyridine rings is 1. The first-order valence-corrected chi connectivity index (χ1v) is 6.15. The SMILES string of the molecule is N#Cc1cccc(CNCCn2ccccc2=O)c1. The second-order valence-corrected chi connectivity index (χ2v) is 4.22. The molecule has 1 aromatic carbocycles. The van der Waals surface area contributed by atoms with Crippen LogP contribution in [0.15, 0.2) is 53.5 Å². The topological polar surface area (TPSA) is 57.8 Å². The van der Waals surface area contributed by atoms with E-state index in [4.69, 9.17) is 5.26 Å². The molecule has 0 aliphatic heterocycles. The van der Waals surface area contributed by atoms with Gasteiger partial charge in [0.05, 0.1) is 11.6 Å². The Kier molecular flexibility index (Phi) is 4.49. The van der Waals surface area contributed by atoms with Gasteiger partial charge in [0.1, 0.15) is 0 Å². The van der Waals surface area contributed by atoms with Gasteiger partial charge in [-0.15, -0.1) is 0 Å². The molecule has 0 unspecified atom stereocenters. The molecule has 0 aliphatic rings. The molecule has 0 saturated carbocycles. The van der Waals surface area contributed by atoms with Crippen molar-refractivity contribution in [2.24, 2.45) is 0 Å². The molecule has 0 atom stereocenters. The molecule has 4 heteroatoms. The Balaban J connectivity index is 1.83. The molecule has 0 radical (unpaired) electrons. The minimum Gasteiger partial charge on any atom is -0.314 e. The first-order valence-electron chi connectivity index (χ1n) is 6.15. The van der Waals surface area contributed by atoms with E-state index in [0.717, 1.165) is 5.56 Å². The second-order valence-electron chi connectivity index (χ2n) is 4.22. The summed E-state index contributed by atoms with van der Waals surface area (Å²) in [6.07, 6.45) is 1.78. The Labute approximate surface area is 111 Å². The molecular formula is C15H15N3O. The van der Waals surface area contributed by atoms with Gasteiger partial charge in [0.15, 0.2) is 0 Å². The molecule has 1 aromatic heterocycles. The minimum absolute atomic E-state index is 0.00998. The fourth-order valence-corrected chi connectivity index (χ4v) is 1.83. The van der Waals surface area contributed by atoms with Gasteiger partial charge in [0.25, 0.3) is 5.56 Å². The molecule has 0 bridgehead atoms. The van der Waals surface area contributed by atoms with Crippen molar-refractivity contribution in [2.45, 2.75) is 13.1 Å². The fourth-order valence-electron chi connectivity index (χ4n) is 1.83. The van der Waals surface area contributed by atoms with Crippen LogP contribution in [0, 0.1) is 11.3 Å². The molecule has 1 heterocycles. The largest absolute Gasteiger partial charge is 0.314 e. The summed E-state index contributed by atoms with van der Waals surface area (Å²) in [5.74, 6) is 0. The molecule has 4 nitrogen and oxygen atoms in total. The first-order chi connectivity index (χ1) is 9.29. The average molecular weight is 253 g/mol. The summed E-state index contributed by atoms with van der Waals surface area (Å²) >= 11 is 0. The fraction of sp³-hybridized carbons (Fsp3) is 0.200. The van der Waals surface area contributed by atoms with Crippen LogP contribution in [0.3, 0.4) is 0 Å². The van der Waals surface area contributed by atoms with Gasteiger partial charge < -0.3 is 9.88 Å². The van der Waals surface area contributed by atoms with Crippen molar-refractivity contribution >= 4 is 0 Å². The Morgan fingerprint density at radius 1 is 1.21 bits per heavy atom. The Morgan fingerprint density at radius 2 is 2.11 bits per heavy atom. The Hall–Kier alpha value is -2.38. The summed E-state index contributed by atoms with van der Waals surface area (Å²) in [5, 5.41) is 12.1. The third kappa shape index (κ3) is 3.80. The van der Waals surface area contributed by atoms with Gasteiger partial charge >= 0.3 is 0 Å². The summed E-state index contributed by atoms with van der Waals surface area (Å²) in [5.41, 5.74) is 1.74. The summed E-state index contributed by atoms with van der Waals surface area (Å²) < 4.78 is 1.67. The van der Waals surface area contributed by atoms with Crippen molar-refractivity contribution < 1.29 is 0 Å². The quantitative estimate of drug-likeness (QED) is 0.822. The van der Waals surface area contributed by atoms with Crippen molar-refractivity contribution in [2.75, 3.05) is 6.54 Å². The van der Waals surface area contributed by atoms with Crippen molar-refractivity contribution in [3.8, 4) is 6.07 Å². The number of hydrogen-bond acceptors (Lipinski definition) is 3. The average Bonchev–Trinajstić information content (AvgIpc) is 2.45. The number of aromatic nitrogens is 1. The number of nitrogens with zero attached hydrogens (tertiary/aromatic N) is 2. The van der Waals surface area contributed by atoms with Crippen LogP contribution < -0.4 is 10.9 Å². The van der Waals surface area contributed by atoms with Crippen LogP contribution in [0.1, 0.15) is 11.1 Å². The van der Waals surface area contributed by atoms with Crippen molar-refractivity contribution in [3.63, 3.8) is 0 Å².